The number of hydrogen-bond acceptors (Lipinski definition) is 3. The number of hydrogen-bond donors (Lipinski definition) is 1. The van der Waals surface area contributed by atoms with E-state index in [1.165, 1.54) is 12.1 Å². The lowest BCUT2D eigenvalue weighted by molar-refractivity contribution is -0.0291. The standard InChI is InChI=1S/C14H20ClFN2O/c1-2-11-9-19-6-5-18(11)14(8-17)12-4-3-10(16)7-13(12)15/h3-4,7,11,14H,2,5-6,8-9,17H2,1H3. The minimum atomic E-state index is -0.321. The van der Waals surface area contributed by atoms with Gasteiger partial charge in [-0.25, -0.2) is 4.39 Å². The van der Waals surface area contributed by atoms with E-state index in [0.717, 1.165) is 18.5 Å². The van der Waals surface area contributed by atoms with Gasteiger partial charge in [0, 0.05) is 30.2 Å². The molecule has 1 heterocycles. The Bertz CT molecular complexity index is 430. The predicted octanol–water partition coefficient (Wildman–Crippen LogP) is 2.59. The lowest BCUT2D eigenvalue weighted by Crippen LogP contribution is -2.48. The molecule has 0 bridgehead atoms. The second kappa shape index (κ2) is 6.66. The third kappa shape index (κ3) is 3.26. The Morgan fingerprint density at radius 1 is 1.58 bits per heavy atom. The molecule has 1 fully saturated rings. The summed E-state index contributed by atoms with van der Waals surface area (Å²) in [4.78, 5) is 2.32. The fraction of sp³-hybridized carbons (Fsp3) is 0.571. The van der Waals surface area contributed by atoms with Crippen molar-refractivity contribution in [3.8, 4) is 0 Å². The minimum Gasteiger partial charge on any atom is -0.378 e. The van der Waals surface area contributed by atoms with Crippen LogP contribution in [-0.4, -0.2) is 37.2 Å². The first-order chi connectivity index (χ1) is 9.17. The van der Waals surface area contributed by atoms with Gasteiger partial charge < -0.3 is 10.5 Å². The van der Waals surface area contributed by atoms with Crippen LogP contribution in [0.25, 0.3) is 0 Å². The average molecular weight is 287 g/mol. The van der Waals surface area contributed by atoms with Crippen molar-refractivity contribution in [3.05, 3.63) is 34.6 Å². The molecule has 2 rings (SSSR count). The van der Waals surface area contributed by atoms with Crippen molar-refractivity contribution in [1.82, 2.24) is 4.90 Å². The molecule has 1 aromatic rings. The highest BCUT2D eigenvalue weighted by atomic mass is 35.5. The van der Waals surface area contributed by atoms with Gasteiger partial charge in [-0.3, -0.25) is 4.90 Å². The summed E-state index contributed by atoms with van der Waals surface area (Å²) in [5.74, 6) is -0.321. The van der Waals surface area contributed by atoms with E-state index in [0.29, 0.717) is 30.8 Å². The Kier molecular flexibility index (Phi) is 5.16. The second-order valence-electron chi connectivity index (χ2n) is 4.79. The zero-order valence-electron chi connectivity index (χ0n) is 11.1. The van der Waals surface area contributed by atoms with Crippen molar-refractivity contribution >= 4 is 11.6 Å². The molecular weight excluding hydrogens is 267 g/mol. The first-order valence-corrected chi connectivity index (χ1v) is 7.03. The Hall–Kier alpha value is -0.680. The quantitative estimate of drug-likeness (QED) is 0.925. The van der Waals surface area contributed by atoms with Crippen LogP contribution in [0.4, 0.5) is 4.39 Å². The molecule has 2 unspecified atom stereocenters. The maximum Gasteiger partial charge on any atom is 0.124 e. The summed E-state index contributed by atoms with van der Waals surface area (Å²) in [6, 6.07) is 4.87. The molecule has 5 heteroatoms. The molecule has 3 nitrogen and oxygen atoms in total. The molecule has 0 aromatic heterocycles. The number of halogens is 2. The van der Waals surface area contributed by atoms with Crippen LogP contribution in [0.3, 0.4) is 0 Å². The van der Waals surface area contributed by atoms with Gasteiger partial charge in [-0.05, 0) is 24.1 Å². The molecule has 1 saturated heterocycles. The van der Waals surface area contributed by atoms with Crippen molar-refractivity contribution in [2.24, 2.45) is 5.73 Å². The van der Waals surface area contributed by atoms with Gasteiger partial charge in [0.05, 0.1) is 13.2 Å². The van der Waals surface area contributed by atoms with Crippen LogP contribution in [0.15, 0.2) is 18.2 Å². The highest BCUT2D eigenvalue weighted by Crippen LogP contribution is 2.30. The summed E-state index contributed by atoms with van der Waals surface area (Å²) in [6.45, 7) is 4.83. The van der Waals surface area contributed by atoms with Crippen LogP contribution in [0.2, 0.25) is 5.02 Å². The fourth-order valence-corrected chi connectivity index (χ4v) is 2.94. The second-order valence-corrected chi connectivity index (χ2v) is 5.20. The summed E-state index contributed by atoms with van der Waals surface area (Å²) < 4.78 is 18.7. The van der Waals surface area contributed by atoms with Gasteiger partial charge in [0.2, 0.25) is 0 Å². The molecule has 0 aliphatic carbocycles. The summed E-state index contributed by atoms with van der Waals surface area (Å²) >= 11 is 6.16. The van der Waals surface area contributed by atoms with Gasteiger partial charge >= 0.3 is 0 Å². The first-order valence-electron chi connectivity index (χ1n) is 6.65. The van der Waals surface area contributed by atoms with Crippen molar-refractivity contribution < 1.29 is 9.13 Å². The van der Waals surface area contributed by atoms with Gasteiger partial charge in [0.1, 0.15) is 5.82 Å². The molecule has 19 heavy (non-hydrogen) atoms. The summed E-state index contributed by atoms with van der Waals surface area (Å²) in [5.41, 5.74) is 6.82. The Morgan fingerprint density at radius 2 is 2.37 bits per heavy atom. The third-order valence-electron chi connectivity index (χ3n) is 3.69. The van der Waals surface area contributed by atoms with E-state index in [-0.39, 0.29) is 11.9 Å². The van der Waals surface area contributed by atoms with Gasteiger partial charge in [-0.2, -0.15) is 0 Å². The van der Waals surface area contributed by atoms with Crippen LogP contribution >= 0.6 is 11.6 Å². The van der Waals surface area contributed by atoms with Crippen molar-refractivity contribution in [1.29, 1.82) is 0 Å². The van der Waals surface area contributed by atoms with E-state index in [1.807, 2.05) is 0 Å². The predicted molar refractivity (Wildman–Crippen MR) is 74.8 cm³/mol. The summed E-state index contributed by atoms with van der Waals surface area (Å²) in [5, 5.41) is 0.441. The smallest absolute Gasteiger partial charge is 0.124 e. The van der Waals surface area contributed by atoms with Gasteiger partial charge in [0.25, 0.3) is 0 Å². The maximum atomic E-state index is 13.2. The first kappa shape index (κ1) is 14.7. The molecule has 2 atom stereocenters. The molecule has 0 amide bonds. The Morgan fingerprint density at radius 3 is 3.00 bits per heavy atom. The molecule has 0 radical (unpaired) electrons. The topological polar surface area (TPSA) is 38.5 Å². The van der Waals surface area contributed by atoms with Gasteiger partial charge in [0.15, 0.2) is 0 Å². The third-order valence-corrected chi connectivity index (χ3v) is 4.02. The SMILES string of the molecule is CCC1COCCN1C(CN)c1ccc(F)cc1Cl. The molecular formula is C14H20ClFN2O. The highest BCUT2D eigenvalue weighted by Gasteiger charge is 2.29. The molecule has 0 saturated carbocycles. The highest BCUT2D eigenvalue weighted by molar-refractivity contribution is 6.31. The number of benzene rings is 1. The summed E-state index contributed by atoms with van der Waals surface area (Å²) in [6.07, 6.45) is 0.995. The Balaban J connectivity index is 2.27. The Labute approximate surface area is 118 Å². The number of ether oxygens (including phenoxy) is 1. The van der Waals surface area contributed by atoms with Crippen LogP contribution in [0.1, 0.15) is 24.9 Å². The van der Waals surface area contributed by atoms with E-state index < -0.39 is 0 Å². The van der Waals surface area contributed by atoms with Crippen molar-refractivity contribution in [3.63, 3.8) is 0 Å². The fourth-order valence-electron chi connectivity index (χ4n) is 2.64. The summed E-state index contributed by atoms with van der Waals surface area (Å²) in [7, 11) is 0. The van der Waals surface area contributed by atoms with Crippen LogP contribution in [-0.2, 0) is 4.74 Å². The van der Waals surface area contributed by atoms with Crippen molar-refractivity contribution in [2.45, 2.75) is 25.4 Å². The monoisotopic (exact) mass is 286 g/mol. The van der Waals surface area contributed by atoms with Crippen LogP contribution < -0.4 is 5.73 Å². The van der Waals surface area contributed by atoms with Gasteiger partial charge in [-0.1, -0.05) is 24.6 Å². The average Bonchev–Trinajstić information content (AvgIpc) is 2.42. The van der Waals surface area contributed by atoms with Gasteiger partial charge in [-0.15, -0.1) is 0 Å². The normalized spacial score (nSPS) is 22.4. The number of nitrogens with zero attached hydrogens (tertiary/aromatic N) is 1. The van der Waals surface area contributed by atoms with E-state index in [1.54, 1.807) is 6.07 Å². The largest absolute Gasteiger partial charge is 0.378 e. The zero-order chi connectivity index (χ0) is 13.8. The number of morpholine rings is 1. The molecule has 1 aromatic carbocycles. The molecule has 2 N–H and O–H groups in total. The van der Waals surface area contributed by atoms with Crippen LogP contribution in [0.5, 0.6) is 0 Å². The number of rotatable bonds is 4. The van der Waals surface area contributed by atoms with E-state index in [9.17, 15) is 4.39 Å². The zero-order valence-corrected chi connectivity index (χ0v) is 11.9. The molecule has 0 spiro atoms. The lowest BCUT2D eigenvalue weighted by atomic mass is 10.0. The maximum absolute atomic E-state index is 13.2. The van der Waals surface area contributed by atoms with Crippen LogP contribution in [0, 0.1) is 5.82 Å². The van der Waals surface area contributed by atoms with E-state index in [4.69, 9.17) is 22.1 Å². The number of nitrogens with two attached hydrogens (primary N) is 1. The minimum absolute atomic E-state index is 0.0157. The van der Waals surface area contributed by atoms with Crippen molar-refractivity contribution in [2.75, 3.05) is 26.3 Å². The van der Waals surface area contributed by atoms with E-state index >= 15 is 0 Å². The lowest BCUT2D eigenvalue weighted by Gasteiger charge is -2.40. The molecule has 1 aliphatic rings. The molecule has 106 valence electrons. The van der Waals surface area contributed by atoms with E-state index in [2.05, 4.69) is 11.8 Å². The molecule has 1 aliphatic heterocycles.